The largest absolute Gasteiger partial charge is 0.468 e. The van der Waals surface area contributed by atoms with Crippen molar-refractivity contribution in [3.8, 4) is 0 Å². The number of piperidine rings is 1. The number of carbonyl (C=O) groups is 1. The summed E-state index contributed by atoms with van der Waals surface area (Å²) in [6.07, 6.45) is 5.38. The van der Waals surface area contributed by atoms with Gasteiger partial charge in [0.2, 0.25) is 5.91 Å². The number of carbonyl (C=O) groups excluding carboxylic acids is 1. The Labute approximate surface area is 172 Å². The van der Waals surface area contributed by atoms with E-state index in [0.717, 1.165) is 30.0 Å². The minimum atomic E-state index is -0.323. The molecule has 0 bridgehead atoms. The third-order valence-electron chi connectivity index (χ3n) is 5.70. The molecule has 0 radical (unpaired) electrons. The second kappa shape index (κ2) is 9.57. The average Bonchev–Trinajstić information content (AvgIpc) is 3.31. The van der Waals surface area contributed by atoms with Gasteiger partial charge in [-0.1, -0.05) is 67.1 Å². The number of hydrogen-bond acceptors (Lipinski definition) is 3. The first-order valence-corrected chi connectivity index (χ1v) is 10.5. The van der Waals surface area contributed by atoms with Crippen LogP contribution in [0.25, 0.3) is 0 Å². The molecule has 4 nitrogen and oxygen atoms in total. The van der Waals surface area contributed by atoms with Crippen molar-refractivity contribution in [3.63, 3.8) is 0 Å². The van der Waals surface area contributed by atoms with Gasteiger partial charge in [0.1, 0.15) is 5.76 Å². The van der Waals surface area contributed by atoms with Gasteiger partial charge in [0.25, 0.3) is 0 Å². The molecule has 2 aromatic carbocycles. The Kier molecular flexibility index (Phi) is 6.42. The van der Waals surface area contributed by atoms with Gasteiger partial charge in [-0.25, -0.2) is 0 Å². The van der Waals surface area contributed by atoms with E-state index < -0.39 is 0 Å². The Bertz CT molecular complexity index is 832. The van der Waals surface area contributed by atoms with Crippen LogP contribution >= 0.6 is 0 Å². The van der Waals surface area contributed by atoms with Crippen molar-refractivity contribution >= 4 is 5.91 Å². The van der Waals surface area contributed by atoms with E-state index in [-0.39, 0.29) is 17.9 Å². The zero-order chi connectivity index (χ0) is 19.9. The number of furan rings is 1. The molecule has 29 heavy (non-hydrogen) atoms. The summed E-state index contributed by atoms with van der Waals surface area (Å²) >= 11 is 0. The highest BCUT2D eigenvalue weighted by Gasteiger charge is 2.27. The van der Waals surface area contributed by atoms with Gasteiger partial charge in [0.15, 0.2) is 0 Å². The van der Waals surface area contributed by atoms with Crippen molar-refractivity contribution in [2.24, 2.45) is 0 Å². The molecule has 1 aromatic heterocycles. The summed E-state index contributed by atoms with van der Waals surface area (Å²) in [7, 11) is 0. The zero-order valence-electron chi connectivity index (χ0n) is 16.7. The molecule has 4 heteroatoms. The predicted octanol–water partition coefficient (Wildman–Crippen LogP) is 4.75. The lowest BCUT2D eigenvalue weighted by atomic mass is 9.90. The summed E-state index contributed by atoms with van der Waals surface area (Å²) in [4.78, 5) is 15.8. The van der Waals surface area contributed by atoms with Gasteiger partial charge in [-0.05, 0) is 49.2 Å². The molecular weight excluding hydrogens is 360 g/mol. The fourth-order valence-corrected chi connectivity index (χ4v) is 4.21. The maximum absolute atomic E-state index is 13.3. The van der Waals surface area contributed by atoms with E-state index in [1.54, 1.807) is 6.26 Å². The standard InChI is InChI=1S/C25H28N2O2/c28-25(24(20-11-4-1-5-12-20)21-13-6-2-7-14-21)26-19-22(23-15-10-18-29-23)27-16-8-3-9-17-27/h1-2,4-7,10-15,18,22,24H,3,8-9,16-17,19H2,(H,26,28)/t22-/m1/s1. The fourth-order valence-electron chi connectivity index (χ4n) is 4.21. The Morgan fingerprint density at radius 2 is 1.48 bits per heavy atom. The van der Waals surface area contributed by atoms with Gasteiger partial charge >= 0.3 is 0 Å². The second-order valence-electron chi connectivity index (χ2n) is 7.63. The number of rotatable bonds is 7. The van der Waals surface area contributed by atoms with Crippen molar-refractivity contribution in [2.45, 2.75) is 31.2 Å². The summed E-state index contributed by atoms with van der Waals surface area (Å²) in [5, 5.41) is 3.22. The molecule has 1 aliphatic heterocycles. The van der Waals surface area contributed by atoms with Crippen LogP contribution < -0.4 is 5.32 Å². The van der Waals surface area contributed by atoms with E-state index in [2.05, 4.69) is 10.2 Å². The summed E-state index contributed by atoms with van der Waals surface area (Å²) in [5.41, 5.74) is 2.01. The molecule has 1 fully saturated rings. The van der Waals surface area contributed by atoms with Crippen molar-refractivity contribution < 1.29 is 9.21 Å². The molecule has 1 saturated heterocycles. The average molecular weight is 389 g/mol. The van der Waals surface area contributed by atoms with Crippen molar-refractivity contribution in [1.82, 2.24) is 10.2 Å². The lowest BCUT2D eigenvalue weighted by Gasteiger charge is -2.33. The lowest BCUT2D eigenvalue weighted by Crippen LogP contribution is -2.41. The molecule has 4 rings (SSSR count). The third-order valence-corrected chi connectivity index (χ3v) is 5.70. The minimum Gasteiger partial charge on any atom is -0.468 e. The number of nitrogens with one attached hydrogen (secondary N) is 1. The highest BCUT2D eigenvalue weighted by molar-refractivity contribution is 5.87. The van der Waals surface area contributed by atoms with Crippen molar-refractivity contribution in [2.75, 3.05) is 19.6 Å². The van der Waals surface area contributed by atoms with Gasteiger partial charge in [-0.2, -0.15) is 0 Å². The van der Waals surface area contributed by atoms with Gasteiger partial charge in [0, 0.05) is 6.54 Å². The Hall–Kier alpha value is -2.85. The number of hydrogen-bond donors (Lipinski definition) is 1. The molecule has 2 heterocycles. The van der Waals surface area contributed by atoms with E-state index in [1.165, 1.54) is 19.3 Å². The predicted molar refractivity (Wildman–Crippen MR) is 115 cm³/mol. The van der Waals surface area contributed by atoms with Gasteiger partial charge in [-0.15, -0.1) is 0 Å². The number of amides is 1. The van der Waals surface area contributed by atoms with E-state index in [9.17, 15) is 4.79 Å². The second-order valence-corrected chi connectivity index (χ2v) is 7.63. The molecule has 0 aliphatic carbocycles. The SMILES string of the molecule is O=C(NC[C@H](c1ccco1)N1CCCCC1)C(c1ccccc1)c1ccccc1. The van der Waals surface area contributed by atoms with Crippen LogP contribution in [0, 0.1) is 0 Å². The van der Waals surface area contributed by atoms with E-state index >= 15 is 0 Å². The van der Waals surface area contributed by atoms with Crippen LogP contribution in [0.15, 0.2) is 83.5 Å². The first kappa shape index (κ1) is 19.5. The van der Waals surface area contributed by atoms with Gasteiger partial charge < -0.3 is 9.73 Å². The third kappa shape index (κ3) is 4.77. The van der Waals surface area contributed by atoms with Crippen molar-refractivity contribution in [1.29, 1.82) is 0 Å². The van der Waals surface area contributed by atoms with Gasteiger partial charge in [-0.3, -0.25) is 9.69 Å². The normalized spacial score (nSPS) is 15.9. The van der Waals surface area contributed by atoms with Crippen LogP contribution in [0.5, 0.6) is 0 Å². The molecule has 150 valence electrons. The molecule has 1 aliphatic rings. The van der Waals surface area contributed by atoms with Crippen LogP contribution in [0.2, 0.25) is 0 Å². The summed E-state index contributed by atoms with van der Waals surface area (Å²) in [5.74, 6) is 0.621. The number of likely N-dealkylation sites (tertiary alicyclic amines) is 1. The molecule has 0 saturated carbocycles. The zero-order valence-corrected chi connectivity index (χ0v) is 16.7. The molecule has 0 spiro atoms. The molecule has 3 aromatic rings. The highest BCUT2D eigenvalue weighted by Crippen LogP contribution is 2.27. The first-order valence-electron chi connectivity index (χ1n) is 10.5. The molecule has 0 unspecified atom stereocenters. The Morgan fingerprint density at radius 1 is 0.862 bits per heavy atom. The molecule has 1 N–H and O–H groups in total. The number of benzene rings is 2. The molecule has 1 atom stereocenters. The summed E-state index contributed by atoms with van der Waals surface area (Å²) in [6.45, 7) is 2.63. The highest BCUT2D eigenvalue weighted by atomic mass is 16.3. The minimum absolute atomic E-state index is 0.0240. The topological polar surface area (TPSA) is 45.5 Å². The van der Waals surface area contributed by atoms with Crippen molar-refractivity contribution in [3.05, 3.63) is 95.9 Å². The maximum Gasteiger partial charge on any atom is 0.232 e. The molecule has 1 amide bonds. The summed E-state index contributed by atoms with van der Waals surface area (Å²) < 4.78 is 5.72. The fraction of sp³-hybridized carbons (Fsp3) is 0.320. The van der Waals surface area contributed by atoms with E-state index in [1.807, 2.05) is 72.8 Å². The molecular formula is C25H28N2O2. The summed E-state index contributed by atoms with van der Waals surface area (Å²) in [6, 6.07) is 24.0. The maximum atomic E-state index is 13.3. The van der Waals surface area contributed by atoms with Crippen LogP contribution in [0.4, 0.5) is 0 Å². The lowest BCUT2D eigenvalue weighted by molar-refractivity contribution is -0.122. The van der Waals surface area contributed by atoms with Crippen LogP contribution in [-0.2, 0) is 4.79 Å². The smallest absolute Gasteiger partial charge is 0.232 e. The quantitative estimate of drug-likeness (QED) is 0.635. The van der Waals surface area contributed by atoms with Crippen LogP contribution in [0.3, 0.4) is 0 Å². The van der Waals surface area contributed by atoms with Crippen LogP contribution in [0.1, 0.15) is 48.1 Å². The Balaban J connectivity index is 1.53. The van der Waals surface area contributed by atoms with Crippen LogP contribution in [-0.4, -0.2) is 30.4 Å². The Morgan fingerprint density at radius 3 is 2.03 bits per heavy atom. The monoisotopic (exact) mass is 388 g/mol. The van der Waals surface area contributed by atoms with E-state index in [0.29, 0.717) is 6.54 Å². The number of nitrogens with zero attached hydrogens (tertiary/aromatic N) is 1. The van der Waals surface area contributed by atoms with E-state index in [4.69, 9.17) is 4.42 Å². The first-order chi connectivity index (χ1) is 14.3. The van der Waals surface area contributed by atoms with Gasteiger partial charge in [0.05, 0.1) is 18.2 Å².